The van der Waals surface area contributed by atoms with Crippen LogP contribution in [0.3, 0.4) is 0 Å². The summed E-state index contributed by atoms with van der Waals surface area (Å²) in [6, 6.07) is 5.30. The van der Waals surface area contributed by atoms with Crippen molar-refractivity contribution in [3.63, 3.8) is 0 Å². The normalized spacial score (nSPS) is 13.1. The Bertz CT molecular complexity index is 471. The van der Waals surface area contributed by atoms with Crippen molar-refractivity contribution in [1.29, 1.82) is 0 Å². The van der Waals surface area contributed by atoms with E-state index in [-0.39, 0.29) is 11.8 Å². The van der Waals surface area contributed by atoms with Crippen LogP contribution in [0.1, 0.15) is 22.8 Å². The number of rotatable bonds is 5. The van der Waals surface area contributed by atoms with E-state index in [0.29, 0.717) is 18.5 Å². The summed E-state index contributed by atoms with van der Waals surface area (Å²) in [5.74, 6) is -0.133. The monoisotopic (exact) mass is 247 g/mol. The van der Waals surface area contributed by atoms with Gasteiger partial charge in [-0.05, 0) is 24.2 Å². The first-order chi connectivity index (χ1) is 8.70. The van der Waals surface area contributed by atoms with Gasteiger partial charge in [-0.15, -0.1) is 0 Å². The van der Waals surface area contributed by atoms with Crippen LogP contribution in [0.2, 0.25) is 0 Å². The summed E-state index contributed by atoms with van der Waals surface area (Å²) in [6.45, 7) is 4.26. The molecule has 0 radical (unpaired) electrons. The molecule has 0 atom stereocenters. The maximum absolute atomic E-state index is 11.8. The van der Waals surface area contributed by atoms with Gasteiger partial charge >= 0.3 is 0 Å². The number of likely N-dealkylation sites (N-methyl/N-ethyl adjacent to an activating group) is 1. The van der Waals surface area contributed by atoms with Crippen LogP contribution in [0.4, 0.5) is 5.69 Å². The predicted octanol–water partition coefficient (Wildman–Crippen LogP) is 0.520. The van der Waals surface area contributed by atoms with Crippen molar-refractivity contribution in [2.75, 3.05) is 25.0 Å². The predicted molar refractivity (Wildman–Crippen MR) is 69.7 cm³/mol. The fraction of sp³-hybridized carbons (Fsp3) is 0.385. The van der Waals surface area contributed by atoms with E-state index < -0.39 is 0 Å². The first-order valence-corrected chi connectivity index (χ1v) is 6.12. The van der Waals surface area contributed by atoms with E-state index in [0.717, 1.165) is 24.3 Å². The molecule has 3 N–H and O–H groups in total. The lowest BCUT2D eigenvalue weighted by Gasteiger charge is -2.07. The number of nitrogens with one attached hydrogen (secondary N) is 3. The molecule has 0 fully saturated rings. The molecule has 5 nitrogen and oxygen atoms in total. The number of carbonyl (C=O) groups is 2. The van der Waals surface area contributed by atoms with Crippen LogP contribution >= 0.6 is 0 Å². The first kappa shape index (κ1) is 12.6. The van der Waals surface area contributed by atoms with Crippen molar-refractivity contribution in [3.05, 3.63) is 29.3 Å². The van der Waals surface area contributed by atoms with Gasteiger partial charge in [-0.2, -0.15) is 0 Å². The molecule has 0 unspecified atom stereocenters. The van der Waals surface area contributed by atoms with Gasteiger partial charge in [0.25, 0.3) is 5.91 Å². The molecule has 1 heterocycles. The van der Waals surface area contributed by atoms with Gasteiger partial charge in [-0.3, -0.25) is 9.59 Å². The van der Waals surface area contributed by atoms with Crippen LogP contribution in [-0.2, 0) is 11.2 Å². The van der Waals surface area contributed by atoms with E-state index in [1.54, 1.807) is 12.1 Å². The SMILES string of the molecule is CCNCCNC(=O)c1ccc2c(c1)NC(=O)C2. The van der Waals surface area contributed by atoms with Gasteiger partial charge in [0.15, 0.2) is 0 Å². The summed E-state index contributed by atoms with van der Waals surface area (Å²) in [5.41, 5.74) is 2.27. The van der Waals surface area contributed by atoms with Crippen LogP contribution in [0.15, 0.2) is 18.2 Å². The molecule has 2 rings (SSSR count). The summed E-state index contributed by atoms with van der Waals surface area (Å²) < 4.78 is 0. The summed E-state index contributed by atoms with van der Waals surface area (Å²) in [5, 5.41) is 8.69. The van der Waals surface area contributed by atoms with Gasteiger partial charge in [0, 0.05) is 24.3 Å². The third-order valence-corrected chi connectivity index (χ3v) is 2.83. The zero-order valence-electron chi connectivity index (χ0n) is 10.4. The average Bonchev–Trinajstić information content (AvgIpc) is 2.73. The van der Waals surface area contributed by atoms with E-state index in [1.165, 1.54) is 0 Å². The largest absolute Gasteiger partial charge is 0.351 e. The third kappa shape index (κ3) is 2.87. The second-order valence-corrected chi connectivity index (χ2v) is 4.21. The summed E-state index contributed by atoms with van der Waals surface area (Å²) in [6.07, 6.45) is 0.400. The van der Waals surface area contributed by atoms with Crippen LogP contribution in [0.25, 0.3) is 0 Å². The van der Waals surface area contributed by atoms with Crippen molar-refractivity contribution in [2.45, 2.75) is 13.3 Å². The molecule has 1 aliphatic heterocycles. The molecule has 5 heteroatoms. The number of anilines is 1. The van der Waals surface area contributed by atoms with Crippen molar-refractivity contribution in [2.24, 2.45) is 0 Å². The molecule has 0 aliphatic carbocycles. The zero-order valence-corrected chi connectivity index (χ0v) is 10.4. The van der Waals surface area contributed by atoms with E-state index in [4.69, 9.17) is 0 Å². The van der Waals surface area contributed by atoms with E-state index in [1.807, 2.05) is 13.0 Å². The quantitative estimate of drug-likeness (QED) is 0.664. The average molecular weight is 247 g/mol. The highest BCUT2D eigenvalue weighted by Crippen LogP contribution is 2.23. The Morgan fingerprint density at radius 1 is 1.39 bits per heavy atom. The van der Waals surface area contributed by atoms with Gasteiger partial charge in [0.2, 0.25) is 5.91 Å². The van der Waals surface area contributed by atoms with Crippen molar-refractivity contribution >= 4 is 17.5 Å². The lowest BCUT2D eigenvalue weighted by molar-refractivity contribution is -0.115. The Kier molecular flexibility index (Phi) is 3.94. The third-order valence-electron chi connectivity index (χ3n) is 2.83. The number of amides is 2. The number of hydrogen-bond acceptors (Lipinski definition) is 3. The lowest BCUT2D eigenvalue weighted by atomic mass is 10.1. The molecule has 0 saturated heterocycles. The van der Waals surface area contributed by atoms with Crippen molar-refractivity contribution in [3.8, 4) is 0 Å². The molecule has 0 bridgehead atoms. The fourth-order valence-electron chi connectivity index (χ4n) is 1.90. The molecule has 0 saturated carbocycles. The molecular weight excluding hydrogens is 230 g/mol. The minimum atomic E-state index is -0.114. The zero-order chi connectivity index (χ0) is 13.0. The van der Waals surface area contributed by atoms with Crippen molar-refractivity contribution < 1.29 is 9.59 Å². The van der Waals surface area contributed by atoms with E-state index in [2.05, 4.69) is 16.0 Å². The first-order valence-electron chi connectivity index (χ1n) is 6.12. The summed E-state index contributed by atoms with van der Waals surface area (Å²) in [4.78, 5) is 23.0. The maximum Gasteiger partial charge on any atom is 0.251 e. The lowest BCUT2D eigenvalue weighted by Crippen LogP contribution is -2.31. The summed E-state index contributed by atoms with van der Waals surface area (Å²) >= 11 is 0. The summed E-state index contributed by atoms with van der Waals surface area (Å²) in [7, 11) is 0. The smallest absolute Gasteiger partial charge is 0.251 e. The Morgan fingerprint density at radius 3 is 3.00 bits per heavy atom. The Balaban J connectivity index is 1.95. The van der Waals surface area contributed by atoms with Crippen LogP contribution in [-0.4, -0.2) is 31.4 Å². The van der Waals surface area contributed by atoms with Crippen molar-refractivity contribution in [1.82, 2.24) is 10.6 Å². The molecule has 2 amide bonds. The minimum absolute atomic E-state index is 0.0188. The molecule has 96 valence electrons. The number of carbonyl (C=O) groups excluding carboxylic acids is 2. The highest BCUT2D eigenvalue weighted by atomic mass is 16.2. The van der Waals surface area contributed by atoms with Crippen LogP contribution < -0.4 is 16.0 Å². The van der Waals surface area contributed by atoms with Crippen LogP contribution in [0.5, 0.6) is 0 Å². The Labute approximate surface area is 106 Å². The van der Waals surface area contributed by atoms with Gasteiger partial charge < -0.3 is 16.0 Å². The molecule has 0 spiro atoms. The second kappa shape index (κ2) is 5.64. The van der Waals surface area contributed by atoms with E-state index >= 15 is 0 Å². The van der Waals surface area contributed by atoms with E-state index in [9.17, 15) is 9.59 Å². The molecule has 1 aliphatic rings. The van der Waals surface area contributed by atoms with Crippen LogP contribution in [0, 0.1) is 0 Å². The van der Waals surface area contributed by atoms with Gasteiger partial charge in [0.05, 0.1) is 6.42 Å². The molecular formula is C13H17N3O2. The second-order valence-electron chi connectivity index (χ2n) is 4.21. The standard InChI is InChI=1S/C13H17N3O2/c1-2-14-5-6-15-13(18)10-4-3-9-8-12(17)16-11(9)7-10/h3-4,7,14H,2,5-6,8H2,1H3,(H,15,18)(H,16,17). The van der Waals surface area contributed by atoms with Gasteiger partial charge in [-0.1, -0.05) is 13.0 Å². The molecule has 0 aromatic heterocycles. The highest BCUT2D eigenvalue weighted by Gasteiger charge is 2.18. The Morgan fingerprint density at radius 2 is 2.22 bits per heavy atom. The maximum atomic E-state index is 11.8. The fourth-order valence-corrected chi connectivity index (χ4v) is 1.90. The number of hydrogen-bond donors (Lipinski definition) is 3. The highest BCUT2D eigenvalue weighted by molar-refractivity contribution is 6.02. The van der Waals surface area contributed by atoms with Gasteiger partial charge in [0.1, 0.15) is 0 Å². The number of fused-ring (bicyclic) bond motifs is 1. The Hall–Kier alpha value is -1.88. The van der Waals surface area contributed by atoms with Gasteiger partial charge in [-0.25, -0.2) is 0 Å². The molecule has 1 aromatic carbocycles. The topological polar surface area (TPSA) is 70.2 Å². The number of benzene rings is 1. The molecule has 1 aromatic rings. The minimum Gasteiger partial charge on any atom is -0.351 e. The molecule has 18 heavy (non-hydrogen) atoms.